The molecule has 0 bridgehead atoms. The second-order valence-electron chi connectivity index (χ2n) is 6.70. The van der Waals surface area contributed by atoms with Crippen molar-refractivity contribution in [3.05, 3.63) is 93.2 Å². The maximum absolute atomic E-state index is 13.9. The van der Waals surface area contributed by atoms with Crippen LogP contribution in [0.4, 0.5) is 8.78 Å². The second-order valence-corrected chi connectivity index (χ2v) is 7.67. The van der Waals surface area contributed by atoms with E-state index in [1.54, 1.807) is 18.3 Å². The third-order valence-electron chi connectivity index (χ3n) is 4.51. The fourth-order valence-electron chi connectivity index (χ4n) is 3.01. The highest BCUT2D eigenvalue weighted by molar-refractivity contribution is 7.10. The van der Waals surface area contributed by atoms with E-state index < -0.39 is 17.7 Å². The monoisotopic (exact) mass is 400 g/mol. The number of hydrogen-bond acceptors (Lipinski definition) is 3. The minimum atomic E-state index is -0.670. The van der Waals surface area contributed by atoms with Crippen LogP contribution in [0.3, 0.4) is 0 Å². The van der Waals surface area contributed by atoms with Gasteiger partial charge in [-0.05, 0) is 36.9 Å². The minimum absolute atomic E-state index is 0.0730. The first-order valence-corrected chi connectivity index (χ1v) is 9.89. The molecule has 2 atom stereocenters. The van der Waals surface area contributed by atoms with Crippen molar-refractivity contribution < 1.29 is 13.6 Å². The molecule has 1 amide bonds. The molecular weight excluding hydrogens is 378 g/mol. The van der Waals surface area contributed by atoms with Crippen LogP contribution in [0, 0.1) is 18.6 Å². The van der Waals surface area contributed by atoms with E-state index in [1.165, 1.54) is 17.7 Å². The molecule has 146 valence electrons. The van der Waals surface area contributed by atoms with Gasteiger partial charge in [0.2, 0.25) is 5.91 Å². The smallest absolute Gasteiger partial charge is 0.234 e. The van der Waals surface area contributed by atoms with E-state index in [9.17, 15) is 13.6 Å². The summed E-state index contributed by atoms with van der Waals surface area (Å²) in [4.78, 5) is 13.5. The maximum Gasteiger partial charge on any atom is 0.234 e. The standard InChI is InChI=1S/C22H22F2N2OS/c1-14-5-7-16(8-6-14)22(20-4-3-11-28-20)25-13-21(27)26-15(2)18-10-9-17(23)12-19(18)24/h3-12,15,22,25H,13H2,1-2H3,(H,26,27)/t15-,22-/m1/s1. The van der Waals surface area contributed by atoms with Crippen LogP contribution in [-0.2, 0) is 4.79 Å². The lowest BCUT2D eigenvalue weighted by Crippen LogP contribution is -2.37. The zero-order chi connectivity index (χ0) is 20.1. The molecule has 1 aromatic heterocycles. The van der Waals surface area contributed by atoms with Crippen LogP contribution in [0.25, 0.3) is 0 Å². The first-order valence-electron chi connectivity index (χ1n) is 9.01. The van der Waals surface area contributed by atoms with E-state index in [4.69, 9.17) is 0 Å². The van der Waals surface area contributed by atoms with Gasteiger partial charge in [0.15, 0.2) is 0 Å². The number of halogens is 2. The Kier molecular flexibility index (Phi) is 6.54. The van der Waals surface area contributed by atoms with Gasteiger partial charge in [0, 0.05) is 16.5 Å². The lowest BCUT2D eigenvalue weighted by Gasteiger charge is -2.20. The summed E-state index contributed by atoms with van der Waals surface area (Å²) in [6, 6.07) is 14.8. The van der Waals surface area contributed by atoms with Gasteiger partial charge in [-0.1, -0.05) is 42.0 Å². The van der Waals surface area contributed by atoms with E-state index in [0.717, 1.165) is 16.5 Å². The number of benzene rings is 2. The molecule has 0 unspecified atom stereocenters. The summed E-state index contributed by atoms with van der Waals surface area (Å²) in [7, 11) is 0. The number of thiophene rings is 1. The molecule has 0 saturated carbocycles. The van der Waals surface area contributed by atoms with Crippen LogP contribution in [0.2, 0.25) is 0 Å². The largest absolute Gasteiger partial charge is 0.348 e. The van der Waals surface area contributed by atoms with Gasteiger partial charge in [-0.2, -0.15) is 0 Å². The van der Waals surface area contributed by atoms with Crippen LogP contribution < -0.4 is 10.6 Å². The van der Waals surface area contributed by atoms with E-state index in [2.05, 4.69) is 10.6 Å². The molecule has 0 spiro atoms. The van der Waals surface area contributed by atoms with Crippen molar-refractivity contribution in [2.24, 2.45) is 0 Å². The highest BCUT2D eigenvalue weighted by atomic mass is 32.1. The molecule has 0 radical (unpaired) electrons. The summed E-state index contributed by atoms with van der Waals surface area (Å²) in [6.07, 6.45) is 0. The Morgan fingerprint density at radius 3 is 2.50 bits per heavy atom. The molecule has 3 nitrogen and oxygen atoms in total. The van der Waals surface area contributed by atoms with Crippen molar-refractivity contribution in [3.63, 3.8) is 0 Å². The average Bonchev–Trinajstić information content (AvgIpc) is 3.17. The van der Waals surface area contributed by atoms with Crippen molar-refractivity contribution in [1.29, 1.82) is 0 Å². The molecule has 1 heterocycles. The summed E-state index contributed by atoms with van der Waals surface area (Å²) in [6.45, 7) is 3.77. The van der Waals surface area contributed by atoms with Crippen molar-refractivity contribution in [2.45, 2.75) is 25.9 Å². The number of aryl methyl sites for hydroxylation is 1. The van der Waals surface area contributed by atoms with E-state index >= 15 is 0 Å². The van der Waals surface area contributed by atoms with E-state index in [1.807, 2.05) is 48.7 Å². The number of amides is 1. The first-order chi connectivity index (χ1) is 13.4. The molecule has 6 heteroatoms. The predicted molar refractivity (Wildman–Crippen MR) is 108 cm³/mol. The summed E-state index contributed by atoms with van der Waals surface area (Å²) < 4.78 is 27.0. The Labute approximate surface area is 167 Å². The Hall–Kier alpha value is -2.57. The first kappa shape index (κ1) is 20.2. The number of nitrogens with one attached hydrogen (secondary N) is 2. The Bertz CT molecular complexity index is 926. The summed E-state index contributed by atoms with van der Waals surface area (Å²) in [5.41, 5.74) is 2.49. The van der Waals surface area contributed by atoms with Gasteiger partial charge in [0.25, 0.3) is 0 Å². The third kappa shape index (κ3) is 5.03. The Morgan fingerprint density at radius 1 is 1.11 bits per heavy atom. The normalized spacial score (nSPS) is 13.1. The van der Waals surface area contributed by atoms with Crippen molar-refractivity contribution in [3.8, 4) is 0 Å². The maximum atomic E-state index is 13.9. The zero-order valence-electron chi connectivity index (χ0n) is 15.7. The molecular formula is C22H22F2N2OS. The lowest BCUT2D eigenvalue weighted by atomic mass is 10.0. The third-order valence-corrected chi connectivity index (χ3v) is 5.45. The predicted octanol–water partition coefficient (Wildman–Crippen LogP) is 4.89. The summed E-state index contributed by atoms with van der Waals surface area (Å²) >= 11 is 1.62. The topological polar surface area (TPSA) is 41.1 Å². The van der Waals surface area contributed by atoms with Gasteiger partial charge in [-0.25, -0.2) is 8.78 Å². The molecule has 3 aromatic rings. The molecule has 3 rings (SSSR count). The van der Waals surface area contributed by atoms with Crippen molar-refractivity contribution in [1.82, 2.24) is 10.6 Å². The van der Waals surface area contributed by atoms with Gasteiger partial charge in [0.05, 0.1) is 18.6 Å². The Morgan fingerprint density at radius 2 is 1.86 bits per heavy atom. The van der Waals surface area contributed by atoms with E-state index in [-0.39, 0.29) is 24.1 Å². The van der Waals surface area contributed by atoms with E-state index in [0.29, 0.717) is 0 Å². The Balaban J connectivity index is 1.66. The molecule has 0 aliphatic heterocycles. The highest BCUT2D eigenvalue weighted by Gasteiger charge is 2.18. The van der Waals surface area contributed by atoms with Crippen LogP contribution >= 0.6 is 11.3 Å². The average molecular weight is 400 g/mol. The minimum Gasteiger partial charge on any atom is -0.348 e. The molecule has 2 N–H and O–H groups in total. The molecule has 0 saturated heterocycles. The molecule has 28 heavy (non-hydrogen) atoms. The molecule has 2 aromatic carbocycles. The molecule has 0 aliphatic rings. The fraction of sp³-hybridized carbons (Fsp3) is 0.227. The van der Waals surface area contributed by atoms with Crippen molar-refractivity contribution in [2.75, 3.05) is 6.54 Å². The summed E-state index contributed by atoms with van der Waals surface area (Å²) in [5.74, 6) is -1.57. The lowest BCUT2D eigenvalue weighted by molar-refractivity contribution is -0.121. The number of rotatable bonds is 7. The molecule has 0 fully saturated rings. The van der Waals surface area contributed by atoms with Crippen LogP contribution in [0.5, 0.6) is 0 Å². The number of carbonyl (C=O) groups excluding carboxylic acids is 1. The zero-order valence-corrected chi connectivity index (χ0v) is 16.5. The van der Waals surface area contributed by atoms with Crippen LogP contribution in [-0.4, -0.2) is 12.5 Å². The van der Waals surface area contributed by atoms with Crippen LogP contribution in [0.1, 0.15) is 40.6 Å². The van der Waals surface area contributed by atoms with Gasteiger partial charge >= 0.3 is 0 Å². The van der Waals surface area contributed by atoms with Gasteiger partial charge < -0.3 is 5.32 Å². The van der Waals surface area contributed by atoms with Gasteiger partial charge in [-0.15, -0.1) is 11.3 Å². The van der Waals surface area contributed by atoms with Gasteiger partial charge in [-0.3, -0.25) is 10.1 Å². The second kappa shape index (κ2) is 9.08. The molecule has 0 aliphatic carbocycles. The van der Waals surface area contributed by atoms with Gasteiger partial charge in [0.1, 0.15) is 11.6 Å². The van der Waals surface area contributed by atoms with Crippen LogP contribution in [0.15, 0.2) is 60.0 Å². The van der Waals surface area contributed by atoms with Crippen molar-refractivity contribution >= 4 is 17.2 Å². The highest BCUT2D eigenvalue weighted by Crippen LogP contribution is 2.26. The fourth-order valence-corrected chi connectivity index (χ4v) is 3.84. The summed E-state index contributed by atoms with van der Waals surface area (Å²) in [5, 5.41) is 8.04. The SMILES string of the molecule is Cc1ccc([C@@H](NCC(=O)N[C@H](C)c2ccc(F)cc2F)c2cccs2)cc1. The quantitative estimate of drug-likeness (QED) is 0.593. The number of carbonyl (C=O) groups is 1. The number of hydrogen-bond donors (Lipinski definition) is 2.